The number of methoxy groups -OCH3 is 1. The highest BCUT2D eigenvalue weighted by atomic mass is 16.5. The molecule has 0 aliphatic rings. The summed E-state index contributed by atoms with van der Waals surface area (Å²) in [6.07, 6.45) is 2.13. The maximum Gasteiger partial charge on any atom is 0.234 e. The second-order valence-electron chi connectivity index (χ2n) is 4.89. The SMILES string of the molecule is CCCCNC(=O)CN(CCOC)Cc1ccccc1. The van der Waals surface area contributed by atoms with E-state index in [-0.39, 0.29) is 5.91 Å². The Labute approximate surface area is 122 Å². The molecule has 4 heteroatoms. The van der Waals surface area contributed by atoms with Crippen LogP contribution in [0.3, 0.4) is 0 Å². The number of rotatable bonds is 10. The van der Waals surface area contributed by atoms with E-state index in [4.69, 9.17) is 4.74 Å². The predicted molar refractivity (Wildman–Crippen MR) is 81.5 cm³/mol. The molecule has 1 rings (SSSR count). The van der Waals surface area contributed by atoms with Crippen LogP contribution in [0.1, 0.15) is 25.3 Å². The van der Waals surface area contributed by atoms with Gasteiger partial charge in [-0.25, -0.2) is 0 Å². The lowest BCUT2D eigenvalue weighted by molar-refractivity contribution is -0.122. The molecule has 20 heavy (non-hydrogen) atoms. The molecule has 0 fully saturated rings. The van der Waals surface area contributed by atoms with Gasteiger partial charge in [0.15, 0.2) is 0 Å². The van der Waals surface area contributed by atoms with Crippen molar-refractivity contribution in [3.8, 4) is 0 Å². The average molecular weight is 278 g/mol. The molecule has 0 atom stereocenters. The smallest absolute Gasteiger partial charge is 0.234 e. The first-order valence-corrected chi connectivity index (χ1v) is 7.28. The lowest BCUT2D eigenvalue weighted by Gasteiger charge is -2.21. The Morgan fingerprint density at radius 2 is 2.05 bits per heavy atom. The van der Waals surface area contributed by atoms with Crippen molar-refractivity contribution in [2.45, 2.75) is 26.3 Å². The van der Waals surface area contributed by atoms with Crippen molar-refractivity contribution >= 4 is 5.91 Å². The number of nitrogens with one attached hydrogen (secondary N) is 1. The van der Waals surface area contributed by atoms with Crippen LogP contribution in [-0.4, -0.2) is 44.2 Å². The lowest BCUT2D eigenvalue weighted by atomic mass is 10.2. The third kappa shape index (κ3) is 7.26. The molecule has 0 aliphatic carbocycles. The van der Waals surface area contributed by atoms with Gasteiger partial charge in [-0.15, -0.1) is 0 Å². The van der Waals surface area contributed by atoms with Gasteiger partial charge in [-0.3, -0.25) is 9.69 Å². The van der Waals surface area contributed by atoms with Gasteiger partial charge in [0.2, 0.25) is 5.91 Å². The summed E-state index contributed by atoms with van der Waals surface area (Å²) >= 11 is 0. The van der Waals surface area contributed by atoms with Crippen molar-refractivity contribution < 1.29 is 9.53 Å². The fraction of sp³-hybridized carbons (Fsp3) is 0.562. The highest BCUT2D eigenvalue weighted by Crippen LogP contribution is 2.04. The summed E-state index contributed by atoms with van der Waals surface area (Å²) in [6.45, 7) is 5.46. The highest BCUT2D eigenvalue weighted by molar-refractivity contribution is 5.77. The second kappa shape index (κ2) is 10.4. The van der Waals surface area contributed by atoms with Gasteiger partial charge in [0, 0.05) is 26.7 Å². The minimum atomic E-state index is 0.0884. The molecule has 0 radical (unpaired) electrons. The molecule has 1 N–H and O–H groups in total. The van der Waals surface area contributed by atoms with Gasteiger partial charge in [-0.1, -0.05) is 43.7 Å². The van der Waals surface area contributed by atoms with Crippen molar-refractivity contribution in [1.82, 2.24) is 10.2 Å². The number of unbranched alkanes of at least 4 members (excludes halogenated alkanes) is 1. The molecule has 0 bridgehead atoms. The summed E-state index contributed by atoms with van der Waals surface area (Å²) < 4.78 is 5.12. The van der Waals surface area contributed by atoms with Crippen molar-refractivity contribution in [2.75, 3.05) is 33.4 Å². The van der Waals surface area contributed by atoms with Crippen molar-refractivity contribution in [2.24, 2.45) is 0 Å². The van der Waals surface area contributed by atoms with E-state index in [0.29, 0.717) is 13.2 Å². The van der Waals surface area contributed by atoms with E-state index in [1.165, 1.54) is 5.56 Å². The summed E-state index contributed by atoms with van der Waals surface area (Å²) in [6, 6.07) is 10.2. The van der Waals surface area contributed by atoms with Crippen molar-refractivity contribution in [3.63, 3.8) is 0 Å². The van der Waals surface area contributed by atoms with Crippen LogP contribution in [0.4, 0.5) is 0 Å². The fourth-order valence-corrected chi connectivity index (χ4v) is 1.94. The predicted octanol–water partition coefficient (Wildman–Crippen LogP) is 2.05. The number of nitrogens with zero attached hydrogens (tertiary/aromatic N) is 1. The van der Waals surface area contributed by atoms with E-state index >= 15 is 0 Å². The van der Waals surface area contributed by atoms with Crippen LogP contribution < -0.4 is 5.32 Å². The molecule has 112 valence electrons. The molecule has 0 saturated heterocycles. The monoisotopic (exact) mass is 278 g/mol. The second-order valence-corrected chi connectivity index (χ2v) is 4.89. The van der Waals surface area contributed by atoms with E-state index in [1.54, 1.807) is 7.11 Å². The average Bonchev–Trinajstić information content (AvgIpc) is 2.46. The van der Waals surface area contributed by atoms with Gasteiger partial charge in [-0.2, -0.15) is 0 Å². The van der Waals surface area contributed by atoms with Crippen molar-refractivity contribution in [3.05, 3.63) is 35.9 Å². The number of amides is 1. The number of carbonyl (C=O) groups excluding carboxylic acids is 1. The maximum atomic E-state index is 11.9. The van der Waals surface area contributed by atoms with Crippen LogP contribution >= 0.6 is 0 Å². The molecule has 1 aromatic rings. The quantitative estimate of drug-likeness (QED) is 0.666. The van der Waals surface area contributed by atoms with E-state index in [0.717, 1.165) is 32.5 Å². The summed E-state index contributed by atoms with van der Waals surface area (Å²) in [5, 5.41) is 2.95. The third-order valence-corrected chi connectivity index (χ3v) is 3.08. The Kier molecular flexibility index (Phi) is 8.67. The van der Waals surface area contributed by atoms with Gasteiger partial charge in [0.25, 0.3) is 0 Å². The minimum Gasteiger partial charge on any atom is -0.383 e. The normalized spacial score (nSPS) is 10.8. The molecule has 0 saturated carbocycles. The molecule has 0 aromatic heterocycles. The Hall–Kier alpha value is -1.39. The zero-order valence-corrected chi connectivity index (χ0v) is 12.6. The zero-order chi connectivity index (χ0) is 14.6. The number of carbonyl (C=O) groups is 1. The topological polar surface area (TPSA) is 41.6 Å². The summed E-state index contributed by atoms with van der Waals surface area (Å²) in [4.78, 5) is 14.0. The third-order valence-electron chi connectivity index (χ3n) is 3.08. The van der Waals surface area contributed by atoms with Crippen molar-refractivity contribution in [1.29, 1.82) is 0 Å². The molecule has 0 spiro atoms. The van der Waals surface area contributed by atoms with Crippen LogP contribution in [0.5, 0.6) is 0 Å². The summed E-state index contributed by atoms with van der Waals surface area (Å²) in [5.41, 5.74) is 1.21. The van der Waals surface area contributed by atoms with Gasteiger partial charge in [0.05, 0.1) is 13.2 Å². The first kappa shape index (κ1) is 16.7. The summed E-state index contributed by atoms with van der Waals surface area (Å²) in [7, 11) is 1.68. The Balaban J connectivity index is 2.44. The number of benzene rings is 1. The molecule has 0 heterocycles. The number of hydrogen-bond acceptors (Lipinski definition) is 3. The first-order valence-electron chi connectivity index (χ1n) is 7.28. The Bertz CT molecular complexity index is 368. The molecular weight excluding hydrogens is 252 g/mol. The van der Waals surface area contributed by atoms with Gasteiger partial charge < -0.3 is 10.1 Å². The van der Waals surface area contributed by atoms with Gasteiger partial charge >= 0.3 is 0 Å². The number of ether oxygens (including phenoxy) is 1. The fourth-order valence-electron chi connectivity index (χ4n) is 1.94. The van der Waals surface area contributed by atoms with Gasteiger partial charge in [-0.05, 0) is 12.0 Å². The van der Waals surface area contributed by atoms with E-state index in [9.17, 15) is 4.79 Å². The van der Waals surface area contributed by atoms with Crippen LogP contribution in [-0.2, 0) is 16.1 Å². The lowest BCUT2D eigenvalue weighted by Crippen LogP contribution is -2.38. The van der Waals surface area contributed by atoms with Gasteiger partial charge in [0.1, 0.15) is 0 Å². The van der Waals surface area contributed by atoms with E-state index < -0.39 is 0 Å². The van der Waals surface area contributed by atoms with Crippen LogP contribution in [0.15, 0.2) is 30.3 Å². The van der Waals surface area contributed by atoms with Crippen LogP contribution in [0.25, 0.3) is 0 Å². The van der Waals surface area contributed by atoms with E-state index in [2.05, 4.69) is 29.3 Å². The number of hydrogen-bond donors (Lipinski definition) is 1. The molecule has 1 amide bonds. The molecular formula is C16H26N2O2. The molecule has 0 aliphatic heterocycles. The van der Waals surface area contributed by atoms with Crippen LogP contribution in [0.2, 0.25) is 0 Å². The highest BCUT2D eigenvalue weighted by Gasteiger charge is 2.10. The van der Waals surface area contributed by atoms with E-state index in [1.807, 2.05) is 18.2 Å². The molecule has 4 nitrogen and oxygen atoms in total. The Morgan fingerprint density at radius 3 is 2.70 bits per heavy atom. The molecule has 1 aromatic carbocycles. The van der Waals surface area contributed by atoms with Crippen LogP contribution in [0, 0.1) is 0 Å². The molecule has 0 unspecified atom stereocenters. The Morgan fingerprint density at radius 1 is 1.30 bits per heavy atom. The minimum absolute atomic E-state index is 0.0884. The standard InChI is InChI=1S/C16H26N2O2/c1-3-4-10-17-16(19)14-18(11-12-20-2)13-15-8-6-5-7-9-15/h5-9H,3-4,10-14H2,1-2H3,(H,17,19). The first-order chi connectivity index (χ1) is 9.76. The zero-order valence-electron chi connectivity index (χ0n) is 12.6. The summed E-state index contributed by atoms with van der Waals surface area (Å²) in [5.74, 6) is 0.0884. The largest absolute Gasteiger partial charge is 0.383 e. The maximum absolute atomic E-state index is 11.9.